The molecule has 0 N–H and O–H groups in total. The third-order valence-electron chi connectivity index (χ3n) is 2.96. The lowest BCUT2D eigenvalue weighted by Crippen LogP contribution is -1.80. The molecule has 2 aromatic carbocycles. The van der Waals surface area contributed by atoms with Crippen LogP contribution in [0.2, 0.25) is 0 Å². The predicted molar refractivity (Wildman–Crippen MR) is 83.5 cm³/mol. The summed E-state index contributed by atoms with van der Waals surface area (Å²) in [7, 11) is 0. The third-order valence-corrected chi connectivity index (χ3v) is 5.02. The number of aromatic nitrogens is 3. The van der Waals surface area contributed by atoms with Gasteiger partial charge in [0.05, 0.1) is 10.2 Å². The fourth-order valence-corrected chi connectivity index (χ4v) is 4.00. The van der Waals surface area contributed by atoms with E-state index in [0.717, 1.165) is 30.8 Å². The average molecular weight is 311 g/mol. The summed E-state index contributed by atoms with van der Waals surface area (Å²) in [4.78, 5) is 4.59. The quantitative estimate of drug-likeness (QED) is 0.557. The Morgan fingerprint density at radius 2 is 1.71 bits per heavy atom. The molecule has 0 amide bonds. The first-order chi connectivity index (χ1) is 10.4. The van der Waals surface area contributed by atoms with Crippen LogP contribution >= 0.6 is 23.1 Å². The lowest BCUT2D eigenvalue weighted by atomic mass is 10.2. The van der Waals surface area contributed by atoms with Crippen molar-refractivity contribution in [2.24, 2.45) is 0 Å². The van der Waals surface area contributed by atoms with Crippen molar-refractivity contribution in [3.05, 3.63) is 54.6 Å². The van der Waals surface area contributed by atoms with Gasteiger partial charge in [0.1, 0.15) is 5.69 Å². The fourth-order valence-electron chi connectivity index (χ4n) is 2.00. The zero-order valence-electron chi connectivity index (χ0n) is 10.8. The minimum Gasteiger partial charge on any atom is -0.243 e. The molecule has 0 unspecified atom stereocenters. The molecule has 4 nitrogen and oxygen atoms in total. The van der Waals surface area contributed by atoms with Crippen molar-refractivity contribution < 1.29 is 4.63 Å². The van der Waals surface area contributed by atoms with Crippen molar-refractivity contribution in [2.75, 3.05) is 0 Å². The fraction of sp³-hybridized carbons (Fsp3) is 0. The molecule has 102 valence electrons. The van der Waals surface area contributed by atoms with E-state index in [1.807, 2.05) is 48.5 Å². The van der Waals surface area contributed by atoms with E-state index in [0.29, 0.717) is 0 Å². The summed E-state index contributed by atoms with van der Waals surface area (Å²) < 4.78 is 7.00. The molecule has 4 rings (SSSR count). The number of thiazole rings is 1. The van der Waals surface area contributed by atoms with Gasteiger partial charge < -0.3 is 0 Å². The molecule has 21 heavy (non-hydrogen) atoms. The van der Waals surface area contributed by atoms with E-state index in [9.17, 15) is 0 Å². The van der Waals surface area contributed by atoms with E-state index in [-0.39, 0.29) is 0 Å². The minimum absolute atomic E-state index is 0.736. The lowest BCUT2D eigenvalue weighted by molar-refractivity contribution is 0.299. The summed E-state index contributed by atoms with van der Waals surface area (Å²) >= 11 is 3.12. The number of benzene rings is 2. The highest BCUT2D eigenvalue weighted by Crippen LogP contribution is 2.37. The van der Waals surface area contributed by atoms with Gasteiger partial charge in [-0.05, 0) is 34.2 Å². The molecular formula is C15H9N3OS2. The van der Waals surface area contributed by atoms with E-state index >= 15 is 0 Å². The van der Waals surface area contributed by atoms with Gasteiger partial charge in [0.2, 0.25) is 0 Å². The highest BCUT2D eigenvalue weighted by molar-refractivity contribution is 8.01. The lowest BCUT2D eigenvalue weighted by Gasteiger charge is -1.96. The van der Waals surface area contributed by atoms with Crippen LogP contribution in [0.25, 0.3) is 21.5 Å². The van der Waals surface area contributed by atoms with Crippen LogP contribution in [-0.4, -0.2) is 15.3 Å². The van der Waals surface area contributed by atoms with Gasteiger partial charge in [0, 0.05) is 5.56 Å². The Hall–Kier alpha value is -2.18. The zero-order chi connectivity index (χ0) is 14.1. The molecule has 0 saturated carbocycles. The van der Waals surface area contributed by atoms with Gasteiger partial charge in [-0.2, -0.15) is 0 Å². The second-order valence-electron chi connectivity index (χ2n) is 4.33. The van der Waals surface area contributed by atoms with Gasteiger partial charge in [-0.3, -0.25) is 0 Å². The summed E-state index contributed by atoms with van der Waals surface area (Å²) in [6.45, 7) is 0. The predicted octanol–water partition coefficient (Wildman–Crippen LogP) is 4.50. The third kappa shape index (κ3) is 2.43. The number of rotatable bonds is 3. The maximum atomic E-state index is 4.90. The van der Waals surface area contributed by atoms with E-state index in [4.69, 9.17) is 4.63 Å². The summed E-state index contributed by atoms with van der Waals surface area (Å²) in [6, 6.07) is 18.0. The normalized spacial score (nSPS) is 11.0. The molecule has 0 aliphatic rings. The standard InChI is InChI=1S/C15H9N3OS2/c1-2-6-10(7-3-1)13-14(18-19-17-13)21-15-16-11-8-4-5-9-12(11)20-15/h1-9H. The average Bonchev–Trinajstić information content (AvgIpc) is 3.14. The van der Waals surface area contributed by atoms with Crippen molar-refractivity contribution in [3.63, 3.8) is 0 Å². The molecule has 2 aromatic heterocycles. The van der Waals surface area contributed by atoms with Crippen LogP contribution in [0.5, 0.6) is 0 Å². The first-order valence-corrected chi connectivity index (χ1v) is 7.95. The van der Waals surface area contributed by atoms with Crippen molar-refractivity contribution in [1.82, 2.24) is 15.3 Å². The monoisotopic (exact) mass is 311 g/mol. The number of para-hydroxylation sites is 1. The number of hydrogen-bond donors (Lipinski definition) is 0. The molecule has 0 fully saturated rings. The largest absolute Gasteiger partial charge is 0.243 e. The Balaban J connectivity index is 1.70. The maximum Gasteiger partial charge on any atom is 0.176 e. The van der Waals surface area contributed by atoms with Crippen LogP contribution in [0.1, 0.15) is 0 Å². The van der Waals surface area contributed by atoms with Crippen molar-refractivity contribution in [1.29, 1.82) is 0 Å². The maximum absolute atomic E-state index is 4.90. The molecule has 4 aromatic rings. The second-order valence-corrected chi connectivity index (χ2v) is 6.60. The molecule has 0 saturated heterocycles. The molecule has 0 spiro atoms. The van der Waals surface area contributed by atoms with Crippen LogP contribution in [0.15, 0.2) is 68.6 Å². The Morgan fingerprint density at radius 3 is 2.57 bits per heavy atom. The van der Waals surface area contributed by atoms with Gasteiger partial charge in [-0.25, -0.2) is 9.61 Å². The molecule has 0 radical (unpaired) electrons. The van der Waals surface area contributed by atoms with Crippen LogP contribution in [0, 0.1) is 0 Å². The van der Waals surface area contributed by atoms with Gasteiger partial charge >= 0.3 is 0 Å². The zero-order valence-corrected chi connectivity index (χ0v) is 12.4. The van der Waals surface area contributed by atoms with E-state index in [2.05, 4.69) is 21.4 Å². The Morgan fingerprint density at radius 1 is 0.905 bits per heavy atom. The van der Waals surface area contributed by atoms with E-state index in [1.165, 1.54) is 11.8 Å². The summed E-state index contributed by atoms with van der Waals surface area (Å²) in [5.74, 6) is 0. The highest BCUT2D eigenvalue weighted by atomic mass is 32.2. The van der Waals surface area contributed by atoms with E-state index < -0.39 is 0 Å². The van der Waals surface area contributed by atoms with Gasteiger partial charge in [-0.15, -0.1) is 11.3 Å². The number of nitrogens with zero attached hydrogens (tertiary/aromatic N) is 3. The first-order valence-electron chi connectivity index (χ1n) is 6.31. The van der Waals surface area contributed by atoms with Crippen LogP contribution in [0.3, 0.4) is 0 Å². The Kier molecular flexibility index (Phi) is 3.17. The number of fused-ring (bicyclic) bond motifs is 1. The van der Waals surface area contributed by atoms with E-state index in [1.54, 1.807) is 11.3 Å². The van der Waals surface area contributed by atoms with Crippen molar-refractivity contribution >= 4 is 33.3 Å². The Labute approximate surface area is 128 Å². The van der Waals surface area contributed by atoms with Gasteiger partial charge in [0.15, 0.2) is 9.37 Å². The number of hydrogen-bond acceptors (Lipinski definition) is 6. The molecule has 0 atom stereocenters. The van der Waals surface area contributed by atoms with Crippen LogP contribution < -0.4 is 0 Å². The molecule has 0 aliphatic carbocycles. The Bertz CT molecular complexity index is 853. The molecule has 6 heteroatoms. The molecule has 2 heterocycles. The minimum atomic E-state index is 0.736. The first kappa shape index (κ1) is 12.6. The van der Waals surface area contributed by atoms with Crippen molar-refractivity contribution in [2.45, 2.75) is 9.37 Å². The summed E-state index contributed by atoms with van der Waals surface area (Å²) in [5.41, 5.74) is 2.74. The smallest absolute Gasteiger partial charge is 0.176 e. The summed E-state index contributed by atoms with van der Waals surface area (Å²) in [6.07, 6.45) is 0. The van der Waals surface area contributed by atoms with Crippen LogP contribution in [0.4, 0.5) is 0 Å². The highest BCUT2D eigenvalue weighted by Gasteiger charge is 2.15. The topological polar surface area (TPSA) is 51.8 Å². The SMILES string of the molecule is c1ccc(-c2nonc2Sc2nc3ccccc3s2)cc1. The van der Waals surface area contributed by atoms with Gasteiger partial charge in [0.25, 0.3) is 0 Å². The van der Waals surface area contributed by atoms with Crippen LogP contribution in [-0.2, 0) is 0 Å². The summed E-state index contributed by atoms with van der Waals surface area (Å²) in [5, 5.41) is 8.74. The molecular weight excluding hydrogens is 302 g/mol. The molecule has 0 bridgehead atoms. The molecule has 0 aliphatic heterocycles. The van der Waals surface area contributed by atoms with Crippen molar-refractivity contribution in [3.8, 4) is 11.3 Å². The second kappa shape index (κ2) is 5.31. The van der Waals surface area contributed by atoms with Gasteiger partial charge in [-0.1, -0.05) is 42.5 Å².